The van der Waals surface area contributed by atoms with E-state index in [1.54, 1.807) is 0 Å². The topological polar surface area (TPSA) is 28.5 Å². The van der Waals surface area contributed by atoms with E-state index in [0.29, 0.717) is 5.11 Å². The van der Waals surface area contributed by atoms with Gasteiger partial charge in [0.05, 0.1) is 27.2 Å². The van der Waals surface area contributed by atoms with Crippen molar-refractivity contribution in [3.05, 3.63) is 29.8 Å². The van der Waals surface area contributed by atoms with Crippen LogP contribution in [0.1, 0.15) is 5.56 Å². The van der Waals surface area contributed by atoms with Gasteiger partial charge in [-0.05, 0) is 30.8 Å². The summed E-state index contributed by atoms with van der Waals surface area (Å²) in [5.74, 6) is 0. The average molecular weight is 238 g/mol. The molecule has 0 saturated carbocycles. The fourth-order valence-corrected chi connectivity index (χ4v) is 1.52. The summed E-state index contributed by atoms with van der Waals surface area (Å²) in [5, 5.41) is 7.07. The molecule has 0 radical (unpaired) electrons. The number of thiocarbonyl (C=S) groups is 1. The lowest BCUT2D eigenvalue weighted by molar-refractivity contribution is -0.856. The summed E-state index contributed by atoms with van der Waals surface area (Å²) < 4.78 is 0. The number of aryl methyl sites for hydroxylation is 1. The lowest BCUT2D eigenvalue weighted by atomic mass is 10.2. The predicted molar refractivity (Wildman–Crippen MR) is 73.1 cm³/mol. The first-order valence-electron chi connectivity index (χ1n) is 5.49. The molecule has 1 rings (SSSR count). The Hall–Kier alpha value is -1.13. The number of anilines is 1. The normalized spacial score (nSPS) is 10.2. The minimum Gasteiger partial charge on any atom is -0.357 e. The number of hydrogen-bond acceptors (Lipinski definition) is 1. The molecule has 0 aliphatic rings. The Morgan fingerprint density at radius 1 is 1.31 bits per heavy atom. The first-order chi connectivity index (χ1) is 7.59. The summed E-state index contributed by atoms with van der Waals surface area (Å²) in [4.78, 5) is 1.41. The number of hydrogen-bond donors (Lipinski definition) is 3. The van der Waals surface area contributed by atoms with Crippen LogP contribution in [0.3, 0.4) is 0 Å². The zero-order valence-electron chi connectivity index (χ0n) is 10.1. The fourth-order valence-electron chi connectivity index (χ4n) is 1.31. The molecule has 0 amide bonds. The first kappa shape index (κ1) is 12.9. The highest BCUT2D eigenvalue weighted by Crippen LogP contribution is 2.12. The number of rotatable bonds is 4. The zero-order valence-corrected chi connectivity index (χ0v) is 10.9. The molecule has 0 unspecified atom stereocenters. The summed E-state index contributed by atoms with van der Waals surface area (Å²) in [6, 6.07) is 8.11. The van der Waals surface area contributed by atoms with E-state index in [2.05, 4.69) is 37.7 Å². The van der Waals surface area contributed by atoms with Gasteiger partial charge in [-0.2, -0.15) is 0 Å². The predicted octanol–water partition coefficient (Wildman–Crippen LogP) is 0.426. The Morgan fingerprint density at radius 2 is 2.00 bits per heavy atom. The maximum Gasteiger partial charge on any atom is 0.170 e. The van der Waals surface area contributed by atoms with Crippen LogP contribution in [0.25, 0.3) is 0 Å². The molecule has 3 nitrogen and oxygen atoms in total. The van der Waals surface area contributed by atoms with Crippen molar-refractivity contribution in [1.29, 1.82) is 0 Å². The maximum atomic E-state index is 5.22. The van der Waals surface area contributed by atoms with Gasteiger partial charge in [0.2, 0.25) is 0 Å². The van der Waals surface area contributed by atoms with Crippen molar-refractivity contribution in [3.63, 3.8) is 0 Å². The largest absolute Gasteiger partial charge is 0.357 e. The van der Waals surface area contributed by atoms with Crippen LogP contribution in [0.5, 0.6) is 0 Å². The molecule has 1 aromatic carbocycles. The fraction of sp³-hybridized carbons (Fsp3) is 0.417. The number of likely N-dealkylation sites (N-methyl/N-ethyl adjacent to an activating group) is 1. The van der Waals surface area contributed by atoms with E-state index in [1.165, 1.54) is 10.5 Å². The van der Waals surface area contributed by atoms with E-state index in [9.17, 15) is 0 Å². The Morgan fingerprint density at radius 3 is 2.62 bits per heavy atom. The van der Waals surface area contributed by atoms with Crippen molar-refractivity contribution in [3.8, 4) is 0 Å². The van der Waals surface area contributed by atoms with Crippen molar-refractivity contribution in [1.82, 2.24) is 5.32 Å². The Bertz CT molecular complexity index is 350. The third kappa shape index (κ3) is 4.59. The molecule has 0 heterocycles. The average Bonchev–Trinajstić information content (AvgIpc) is 2.21. The molecular weight excluding hydrogens is 218 g/mol. The Labute approximate surface area is 103 Å². The monoisotopic (exact) mass is 238 g/mol. The van der Waals surface area contributed by atoms with E-state index in [1.807, 2.05) is 18.2 Å². The van der Waals surface area contributed by atoms with Crippen molar-refractivity contribution in [2.45, 2.75) is 6.92 Å². The molecule has 0 aliphatic heterocycles. The highest BCUT2D eigenvalue weighted by molar-refractivity contribution is 7.80. The standard InChI is InChI=1S/C12H19N3S/c1-10-6-4-5-7-11(10)14-12(16)13-8-9-15(2)3/h4-7H,8-9H2,1-3H3,(H2,13,14,16)/p+1. The summed E-state index contributed by atoms with van der Waals surface area (Å²) in [6.07, 6.45) is 0. The van der Waals surface area contributed by atoms with Crippen molar-refractivity contribution in [2.24, 2.45) is 0 Å². The molecule has 0 aliphatic carbocycles. The molecule has 0 saturated heterocycles. The lowest BCUT2D eigenvalue weighted by Crippen LogP contribution is -3.06. The molecular formula is C12H20N3S+. The van der Waals surface area contributed by atoms with Crippen molar-refractivity contribution < 1.29 is 4.90 Å². The number of para-hydroxylation sites is 1. The minimum atomic E-state index is 0.690. The lowest BCUT2D eigenvalue weighted by Gasteiger charge is -2.13. The third-order valence-electron chi connectivity index (χ3n) is 2.30. The zero-order chi connectivity index (χ0) is 12.0. The van der Waals surface area contributed by atoms with Gasteiger partial charge in [0, 0.05) is 5.69 Å². The van der Waals surface area contributed by atoms with Gasteiger partial charge in [-0.1, -0.05) is 18.2 Å². The molecule has 0 atom stereocenters. The van der Waals surface area contributed by atoms with Gasteiger partial charge < -0.3 is 15.5 Å². The van der Waals surface area contributed by atoms with Gasteiger partial charge in [-0.25, -0.2) is 0 Å². The second kappa shape index (κ2) is 6.45. The third-order valence-corrected chi connectivity index (χ3v) is 2.55. The molecule has 0 spiro atoms. The quantitative estimate of drug-likeness (QED) is 0.664. The van der Waals surface area contributed by atoms with E-state index < -0.39 is 0 Å². The number of nitrogens with one attached hydrogen (secondary N) is 3. The van der Waals surface area contributed by atoms with Crippen LogP contribution in [0.15, 0.2) is 24.3 Å². The van der Waals surface area contributed by atoms with E-state index in [4.69, 9.17) is 12.2 Å². The van der Waals surface area contributed by atoms with E-state index in [-0.39, 0.29) is 0 Å². The number of benzene rings is 1. The van der Waals surface area contributed by atoms with Crippen molar-refractivity contribution >= 4 is 23.0 Å². The van der Waals surface area contributed by atoms with Crippen LogP contribution in [-0.2, 0) is 0 Å². The van der Waals surface area contributed by atoms with Crippen LogP contribution in [-0.4, -0.2) is 32.3 Å². The molecule has 16 heavy (non-hydrogen) atoms. The van der Waals surface area contributed by atoms with Gasteiger partial charge in [0.25, 0.3) is 0 Å². The first-order valence-corrected chi connectivity index (χ1v) is 5.90. The second-order valence-electron chi connectivity index (χ2n) is 4.15. The van der Waals surface area contributed by atoms with E-state index >= 15 is 0 Å². The van der Waals surface area contributed by atoms with Gasteiger partial charge in [0.1, 0.15) is 0 Å². The van der Waals surface area contributed by atoms with Crippen LogP contribution in [0, 0.1) is 6.92 Å². The highest BCUT2D eigenvalue weighted by Gasteiger charge is 2.00. The molecule has 1 aromatic rings. The van der Waals surface area contributed by atoms with Gasteiger partial charge in [0.15, 0.2) is 5.11 Å². The van der Waals surface area contributed by atoms with Crippen molar-refractivity contribution in [2.75, 3.05) is 32.5 Å². The molecule has 0 aromatic heterocycles. The van der Waals surface area contributed by atoms with Crippen LogP contribution >= 0.6 is 12.2 Å². The Kier molecular flexibility index (Phi) is 5.22. The summed E-state index contributed by atoms with van der Waals surface area (Å²) in [5.41, 5.74) is 2.27. The highest BCUT2D eigenvalue weighted by atomic mass is 32.1. The summed E-state index contributed by atoms with van der Waals surface area (Å²) in [6.45, 7) is 4.00. The summed E-state index contributed by atoms with van der Waals surface area (Å²) >= 11 is 5.22. The smallest absolute Gasteiger partial charge is 0.170 e. The Balaban J connectivity index is 2.37. The molecule has 0 fully saturated rings. The second-order valence-corrected chi connectivity index (χ2v) is 4.56. The summed E-state index contributed by atoms with van der Waals surface area (Å²) in [7, 11) is 4.25. The van der Waals surface area contributed by atoms with Gasteiger partial charge >= 0.3 is 0 Å². The van der Waals surface area contributed by atoms with E-state index in [0.717, 1.165) is 18.8 Å². The van der Waals surface area contributed by atoms with Gasteiger partial charge in [-0.15, -0.1) is 0 Å². The number of quaternary nitrogens is 1. The SMILES string of the molecule is Cc1ccccc1NC(=S)NCC[NH+](C)C. The van der Waals surface area contributed by atoms with Crippen LogP contribution in [0.4, 0.5) is 5.69 Å². The van der Waals surface area contributed by atoms with Gasteiger partial charge in [-0.3, -0.25) is 0 Å². The molecule has 4 heteroatoms. The molecule has 3 N–H and O–H groups in total. The maximum absolute atomic E-state index is 5.22. The molecule has 88 valence electrons. The minimum absolute atomic E-state index is 0.690. The molecule has 0 bridgehead atoms. The van der Waals surface area contributed by atoms with Crippen LogP contribution < -0.4 is 15.5 Å². The van der Waals surface area contributed by atoms with Crippen LogP contribution in [0.2, 0.25) is 0 Å².